The van der Waals surface area contributed by atoms with E-state index in [-0.39, 0.29) is 39.2 Å². The lowest BCUT2D eigenvalue weighted by Gasteiger charge is -2.35. The molecule has 1 N–H and O–H groups in total. The monoisotopic (exact) mass is 523 g/mol. The lowest BCUT2D eigenvalue weighted by atomic mass is 9.94. The number of aromatic nitrogens is 4. The molecule has 0 atom stereocenters. The molecule has 0 saturated carbocycles. The van der Waals surface area contributed by atoms with Gasteiger partial charge in [0.15, 0.2) is 11.6 Å². The highest BCUT2D eigenvalue weighted by atomic mass is 32.2. The van der Waals surface area contributed by atoms with E-state index in [2.05, 4.69) is 15.5 Å². The quantitative estimate of drug-likeness (QED) is 0.387. The molecule has 0 spiro atoms. The largest absolute Gasteiger partial charge is 0.494 e. The number of nitrogens with one attached hydrogen (secondary N) is 1. The number of hydrogen-bond acceptors (Lipinski definition) is 6. The highest BCUT2D eigenvalue weighted by molar-refractivity contribution is 7.89. The minimum Gasteiger partial charge on any atom is -0.494 e. The summed E-state index contributed by atoms with van der Waals surface area (Å²) in [5.74, 6) is 0.222. The summed E-state index contributed by atoms with van der Waals surface area (Å²) in [5, 5.41) is 11.6. The van der Waals surface area contributed by atoms with Gasteiger partial charge in [-0.2, -0.15) is 13.2 Å². The second kappa shape index (κ2) is 7.45. The van der Waals surface area contributed by atoms with Crippen LogP contribution in [0.2, 0.25) is 0 Å². The van der Waals surface area contributed by atoms with Crippen molar-refractivity contribution in [1.29, 1.82) is 0 Å². The smallest absolute Gasteiger partial charge is 0.416 e. The zero-order valence-corrected chi connectivity index (χ0v) is 20.6. The highest BCUT2D eigenvalue weighted by Crippen LogP contribution is 2.49. The van der Waals surface area contributed by atoms with E-state index in [1.54, 1.807) is 25.3 Å². The van der Waals surface area contributed by atoms with E-state index in [0.29, 0.717) is 11.6 Å². The maximum Gasteiger partial charge on any atom is 0.416 e. The molecule has 1 aliphatic rings. The van der Waals surface area contributed by atoms with Gasteiger partial charge in [0.05, 0.1) is 35.7 Å². The van der Waals surface area contributed by atoms with E-state index >= 15 is 4.39 Å². The topological polar surface area (TPSA) is 91.0 Å². The maximum atomic E-state index is 15.6. The lowest BCUT2D eigenvalue weighted by Crippen LogP contribution is -2.36. The first-order valence-corrected chi connectivity index (χ1v) is 12.5. The van der Waals surface area contributed by atoms with Gasteiger partial charge in [0.2, 0.25) is 10.0 Å². The van der Waals surface area contributed by atoms with Crippen LogP contribution in [0.4, 0.5) is 23.2 Å². The fourth-order valence-electron chi connectivity index (χ4n) is 4.65. The second-order valence-corrected chi connectivity index (χ2v) is 11.0. The average molecular weight is 524 g/mol. The van der Waals surface area contributed by atoms with Crippen molar-refractivity contribution < 1.29 is 30.7 Å². The Bertz CT molecular complexity index is 1670. The van der Waals surface area contributed by atoms with Crippen molar-refractivity contribution in [1.82, 2.24) is 18.7 Å². The minimum atomic E-state index is -4.79. The van der Waals surface area contributed by atoms with Gasteiger partial charge in [-0.3, -0.25) is 4.57 Å². The molecule has 0 radical (unpaired) electrons. The van der Waals surface area contributed by atoms with Crippen molar-refractivity contribution in [3.05, 3.63) is 53.5 Å². The second-order valence-electron chi connectivity index (χ2n) is 9.15. The first-order chi connectivity index (χ1) is 16.6. The number of alkyl halides is 3. The zero-order valence-electron chi connectivity index (χ0n) is 19.8. The van der Waals surface area contributed by atoms with Crippen LogP contribution in [0.1, 0.15) is 31.1 Å². The lowest BCUT2D eigenvalue weighted by molar-refractivity contribution is -0.137. The van der Waals surface area contributed by atoms with Gasteiger partial charge in [0.25, 0.3) is 0 Å². The number of fused-ring (bicyclic) bond motifs is 4. The third-order valence-corrected chi connectivity index (χ3v) is 7.24. The Kier molecular flexibility index (Phi) is 4.99. The Labute approximate surface area is 203 Å². The third-order valence-electron chi connectivity index (χ3n) is 6.20. The molecule has 36 heavy (non-hydrogen) atoms. The standard InChI is InChI=1S/C23H21F4N5O3S/c1-11-29-30-21-22(2,3)28-18-16(24)10-15(20(35-4)19(18)32(11)21)14-8-12(23(25,26)27)9-17-13(14)6-7-31(17)36(5,33)34/h6-10,28H,1-5H3. The van der Waals surface area contributed by atoms with E-state index < -0.39 is 33.1 Å². The molecule has 1 aliphatic heterocycles. The van der Waals surface area contributed by atoms with E-state index in [9.17, 15) is 21.6 Å². The molecule has 0 bridgehead atoms. The van der Waals surface area contributed by atoms with Gasteiger partial charge in [-0.05, 0) is 50.6 Å². The number of ether oxygens (including phenoxy) is 1. The number of anilines is 1. The molecular weight excluding hydrogens is 502 g/mol. The normalized spacial score (nSPS) is 14.9. The summed E-state index contributed by atoms with van der Waals surface area (Å²) < 4.78 is 89.8. The van der Waals surface area contributed by atoms with Crippen LogP contribution in [-0.4, -0.2) is 40.5 Å². The number of hydrogen-bond donors (Lipinski definition) is 1. The molecule has 0 fully saturated rings. The van der Waals surface area contributed by atoms with E-state index in [0.717, 1.165) is 34.6 Å². The summed E-state index contributed by atoms with van der Waals surface area (Å²) in [6, 6.07) is 4.07. The molecule has 13 heteroatoms. The maximum absolute atomic E-state index is 15.6. The molecule has 0 amide bonds. The number of halogens is 4. The summed E-state index contributed by atoms with van der Waals surface area (Å²) in [7, 11) is -2.60. The van der Waals surface area contributed by atoms with Crippen LogP contribution in [0, 0.1) is 12.7 Å². The summed E-state index contributed by atoms with van der Waals surface area (Å²) in [5.41, 5.74) is -1.84. The van der Waals surface area contributed by atoms with Gasteiger partial charge < -0.3 is 10.1 Å². The zero-order chi connectivity index (χ0) is 26.4. The molecule has 8 nitrogen and oxygen atoms in total. The summed E-state index contributed by atoms with van der Waals surface area (Å²) in [6.45, 7) is 5.25. The molecule has 3 heterocycles. The van der Waals surface area contributed by atoms with Gasteiger partial charge in [-0.25, -0.2) is 16.8 Å². The minimum absolute atomic E-state index is 0.0108. The van der Waals surface area contributed by atoms with Crippen LogP contribution in [0.25, 0.3) is 27.7 Å². The number of methoxy groups -OCH3 is 1. The van der Waals surface area contributed by atoms with Crippen LogP contribution in [0.5, 0.6) is 5.75 Å². The van der Waals surface area contributed by atoms with Crippen LogP contribution in [0.3, 0.4) is 0 Å². The van der Waals surface area contributed by atoms with Gasteiger partial charge in [-0.15, -0.1) is 10.2 Å². The molecule has 4 aromatic rings. The van der Waals surface area contributed by atoms with Crippen LogP contribution in [-0.2, 0) is 21.7 Å². The van der Waals surface area contributed by atoms with Crippen molar-refractivity contribution >= 4 is 26.6 Å². The van der Waals surface area contributed by atoms with Crippen molar-refractivity contribution in [2.24, 2.45) is 0 Å². The summed E-state index contributed by atoms with van der Waals surface area (Å²) in [4.78, 5) is 0. The fourth-order valence-corrected chi connectivity index (χ4v) is 5.44. The highest BCUT2D eigenvalue weighted by Gasteiger charge is 2.39. The van der Waals surface area contributed by atoms with Crippen molar-refractivity contribution in [3.8, 4) is 22.6 Å². The van der Waals surface area contributed by atoms with Crippen LogP contribution in [0.15, 0.2) is 30.5 Å². The van der Waals surface area contributed by atoms with Gasteiger partial charge in [-0.1, -0.05) is 0 Å². The Balaban J connectivity index is 1.92. The number of benzene rings is 2. The molecular formula is C23H21F4N5O3S. The van der Waals surface area contributed by atoms with E-state index in [4.69, 9.17) is 4.74 Å². The molecule has 0 aliphatic carbocycles. The number of rotatable bonds is 3. The van der Waals surface area contributed by atoms with Gasteiger partial charge in [0, 0.05) is 17.1 Å². The van der Waals surface area contributed by atoms with Crippen LogP contribution < -0.4 is 10.1 Å². The SMILES string of the molecule is COc1c(-c2cc(C(F)(F)F)cc3c2ccn3S(C)(=O)=O)cc(F)c2c1-n1c(C)nnc1C(C)(C)N2. The first kappa shape index (κ1) is 24.1. The van der Waals surface area contributed by atoms with Crippen molar-refractivity contribution in [2.45, 2.75) is 32.5 Å². The Morgan fingerprint density at radius 3 is 2.42 bits per heavy atom. The molecule has 5 rings (SSSR count). The number of nitrogens with zero attached hydrogens (tertiary/aromatic N) is 4. The fraction of sp³-hybridized carbons (Fsp3) is 0.304. The predicted octanol–water partition coefficient (Wildman–Crippen LogP) is 4.83. The van der Waals surface area contributed by atoms with E-state index in [1.807, 2.05) is 0 Å². The van der Waals surface area contributed by atoms with Crippen molar-refractivity contribution in [2.75, 3.05) is 18.7 Å². The van der Waals surface area contributed by atoms with Crippen LogP contribution >= 0.6 is 0 Å². The summed E-state index contributed by atoms with van der Waals surface area (Å²) >= 11 is 0. The van der Waals surface area contributed by atoms with Crippen molar-refractivity contribution in [3.63, 3.8) is 0 Å². The predicted molar refractivity (Wildman–Crippen MR) is 125 cm³/mol. The molecule has 0 unspecified atom stereocenters. The summed E-state index contributed by atoms with van der Waals surface area (Å²) in [6.07, 6.45) is -2.74. The van der Waals surface area contributed by atoms with E-state index in [1.165, 1.54) is 13.2 Å². The molecule has 0 saturated heterocycles. The Hall–Kier alpha value is -3.61. The molecule has 2 aromatic carbocycles. The molecule has 190 valence electrons. The molecule has 2 aromatic heterocycles. The number of aryl methyl sites for hydroxylation is 1. The first-order valence-electron chi connectivity index (χ1n) is 10.7. The van der Waals surface area contributed by atoms with Gasteiger partial charge >= 0.3 is 6.18 Å². The average Bonchev–Trinajstić information content (AvgIpc) is 3.37. The Morgan fingerprint density at radius 1 is 1.11 bits per heavy atom. The Morgan fingerprint density at radius 2 is 1.81 bits per heavy atom. The van der Waals surface area contributed by atoms with Gasteiger partial charge in [0.1, 0.15) is 17.3 Å². The third kappa shape index (κ3) is 3.44.